The molecule has 0 heterocycles. The van der Waals surface area contributed by atoms with E-state index in [0.717, 1.165) is 18.8 Å². The van der Waals surface area contributed by atoms with Gasteiger partial charge >= 0.3 is 0 Å². The summed E-state index contributed by atoms with van der Waals surface area (Å²) in [5.41, 5.74) is 0. The summed E-state index contributed by atoms with van der Waals surface area (Å²) in [5, 5.41) is 2.79. The Balaban J connectivity index is 3.96. The highest BCUT2D eigenvalue weighted by molar-refractivity contribution is 5.83. The van der Waals surface area contributed by atoms with E-state index in [1.807, 2.05) is 25.9 Å². The van der Waals surface area contributed by atoms with Gasteiger partial charge in [-0.25, -0.2) is 0 Å². The molecule has 0 amide bonds. The molecule has 0 N–H and O–H groups in total. The minimum Gasteiger partial charge on any atom is -0.365 e. The van der Waals surface area contributed by atoms with Crippen LogP contribution in [-0.4, -0.2) is 37.9 Å². The van der Waals surface area contributed by atoms with Crippen LogP contribution in [0.1, 0.15) is 13.3 Å². The molecule has 0 aliphatic rings. The first-order chi connectivity index (χ1) is 5.22. The van der Waals surface area contributed by atoms with Crippen LogP contribution in [0.25, 0.3) is 0 Å². The lowest BCUT2D eigenvalue weighted by atomic mass is 10.4. The van der Waals surface area contributed by atoms with E-state index in [1.165, 1.54) is 0 Å². The summed E-state index contributed by atoms with van der Waals surface area (Å²) in [6.45, 7) is 2.99. The van der Waals surface area contributed by atoms with Crippen LogP contribution in [0.15, 0.2) is 10.2 Å². The molecule has 0 aromatic carbocycles. The van der Waals surface area contributed by atoms with Crippen LogP contribution >= 0.6 is 0 Å². The highest BCUT2D eigenvalue weighted by Gasteiger charge is 1.99. The second-order valence-electron chi connectivity index (χ2n) is 2.48. The first-order valence-electron chi connectivity index (χ1n) is 3.72. The Morgan fingerprint density at radius 3 is 2.45 bits per heavy atom. The summed E-state index contributed by atoms with van der Waals surface area (Å²) in [6.07, 6.45) is 0.996. The fraction of sp³-hybridized carbons (Fsp3) is 0.857. The van der Waals surface area contributed by atoms with E-state index in [4.69, 9.17) is 0 Å². The molecule has 0 aromatic rings. The van der Waals surface area contributed by atoms with Gasteiger partial charge in [-0.3, -0.25) is 4.99 Å². The molecule has 4 heteroatoms. The SMILES string of the molecule is CCCN=C(CN=O)N(C)C. The summed E-state index contributed by atoms with van der Waals surface area (Å²) >= 11 is 0. The number of nitroso groups, excluding NO2 is 1. The summed E-state index contributed by atoms with van der Waals surface area (Å²) in [6, 6.07) is 0. The van der Waals surface area contributed by atoms with Crippen molar-refractivity contribution >= 4 is 5.84 Å². The van der Waals surface area contributed by atoms with Crippen molar-refractivity contribution < 1.29 is 0 Å². The molecule has 4 nitrogen and oxygen atoms in total. The van der Waals surface area contributed by atoms with Gasteiger partial charge in [0.2, 0.25) is 0 Å². The molecule has 0 saturated heterocycles. The van der Waals surface area contributed by atoms with Crippen molar-refractivity contribution in [1.29, 1.82) is 0 Å². The Bertz CT molecular complexity index is 143. The molecule has 0 radical (unpaired) electrons. The topological polar surface area (TPSA) is 45.0 Å². The van der Waals surface area contributed by atoms with Gasteiger partial charge in [0.05, 0.1) is 0 Å². The maximum Gasteiger partial charge on any atom is 0.138 e. The average molecular weight is 157 g/mol. The van der Waals surface area contributed by atoms with E-state index in [0.29, 0.717) is 0 Å². The first kappa shape index (κ1) is 10.1. The Kier molecular flexibility index (Phi) is 5.33. The molecule has 0 aliphatic carbocycles. The lowest BCUT2D eigenvalue weighted by molar-refractivity contribution is 0.606. The number of aliphatic imine (C=N–C) groups is 1. The minimum absolute atomic E-state index is 0.174. The maximum atomic E-state index is 9.93. The predicted octanol–water partition coefficient (Wildman–Crippen LogP) is 1.12. The van der Waals surface area contributed by atoms with Crippen molar-refractivity contribution in [2.45, 2.75) is 13.3 Å². The van der Waals surface area contributed by atoms with Crippen LogP contribution in [0.4, 0.5) is 0 Å². The Morgan fingerprint density at radius 2 is 2.09 bits per heavy atom. The predicted molar refractivity (Wildman–Crippen MR) is 46.9 cm³/mol. The average Bonchev–Trinajstić information content (AvgIpc) is 1.97. The second-order valence-corrected chi connectivity index (χ2v) is 2.48. The quantitative estimate of drug-likeness (QED) is 0.349. The van der Waals surface area contributed by atoms with Crippen LogP contribution in [-0.2, 0) is 0 Å². The van der Waals surface area contributed by atoms with Gasteiger partial charge in [-0.2, -0.15) is 4.91 Å². The lowest BCUT2D eigenvalue weighted by Gasteiger charge is -2.12. The monoisotopic (exact) mass is 157 g/mol. The Morgan fingerprint density at radius 1 is 1.45 bits per heavy atom. The number of likely N-dealkylation sites (N-methyl/N-ethyl adjacent to an activating group) is 1. The number of hydrogen-bond acceptors (Lipinski definition) is 3. The zero-order chi connectivity index (χ0) is 8.69. The summed E-state index contributed by atoms with van der Waals surface area (Å²) < 4.78 is 0. The molecule has 64 valence electrons. The third kappa shape index (κ3) is 4.47. The van der Waals surface area contributed by atoms with Crippen LogP contribution in [0.3, 0.4) is 0 Å². The van der Waals surface area contributed by atoms with Gasteiger partial charge in [0, 0.05) is 20.6 Å². The maximum absolute atomic E-state index is 9.93. The van der Waals surface area contributed by atoms with Gasteiger partial charge < -0.3 is 4.90 Å². The molecule has 0 unspecified atom stereocenters. The molecule has 0 bridgehead atoms. The van der Waals surface area contributed by atoms with E-state index < -0.39 is 0 Å². The minimum atomic E-state index is 0.174. The molecule has 11 heavy (non-hydrogen) atoms. The molecular weight excluding hydrogens is 142 g/mol. The molecular formula is C7H15N3O. The van der Waals surface area contributed by atoms with Crippen LogP contribution in [0, 0.1) is 4.91 Å². The molecule has 0 aliphatic heterocycles. The Hall–Kier alpha value is -0.930. The Labute approximate surface area is 67.3 Å². The third-order valence-electron chi connectivity index (χ3n) is 1.24. The summed E-state index contributed by atoms with van der Waals surface area (Å²) in [7, 11) is 3.72. The standard InChI is InChI=1S/C7H15N3O/c1-4-5-8-7(6-9-11)10(2)3/h4-6H2,1-3H3. The van der Waals surface area contributed by atoms with Crippen molar-refractivity contribution in [3.05, 3.63) is 4.91 Å². The van der Waals surface area contributed by atoms with E-state index in [-0.39, 0.29) is 6.54 Å². The number of hydrogen-bond donors (Lipinski definition) is 0. The van der Waals surface area contributed by atoms with Crippen LogP contribution < -0.4 is 0 Å². The van der Waals surface area contributed by atoms with E-state index >= 15 is 0 Å². The van der Waals surface area contributed by atoms with E-state index in [9.17, 15) is 4.91 Å². The van der Waals surface area contributed by atoms with Crippen molar-refractivity contribution in [1.82, 2.24) is 4.90 Å². The lowest BCUT2D eigenvalue weighted by Crippen LogP contribution is -2.24. The molecule has 0 aromatic heterocycles. The number of nitrogens with zero attached hydrogens (tertiary/aromatic N) is 3. The van der Waals surface area contributed by atoms with Gasteiger partial charge in [0.25, 0.3) is 0 Å². The smallest absolute Gasteiger partial charge is 0.138 e. The van der Waals surface area contributed by atoms with Crippen molar-refractivity contribution in [3.63, 3.8) is 0 Å². The zero-order valence-electron chi connectivity index (χ0n) is 7.37. The highest BCUT2D eigenvalue weighted by Crippen LogP contribution is 1.87. The van der Waals surface area contributed by atoms with Crippen molar-refractivity contribution in [2.24, 2.45) is 10.2 Å². The zero-order valence-corrected chi connectivity index (χ0v) is 7.37. The second kappa shape index (κ2) is 5.82. The molecule has 0 fully saturated rings. The van der Waals surface area contributed by atoms with Gasteiger partial charge in [0.1, 0.15) is 12.4 Å². The third-order valence-corrected chi connectivity index (χ3v) is 1.24. The molecule has 0 saturated carbocycles. The van der Waals surface area contributed by atoms with Crippen molar-refractivity contribution in [3.8, 4) is 0 Å². The van der Waals surface area contributed by atoms with Gasteiger partial charge in [-0.1, -0.05) is 12.1 Å². The first-order valence-corrected chi connectivity index (χ1v) is 3.72. The van der Waals surface area contributed by atoms with Gasteiger partial charge in [-0.15, -0.1) is 0 Å². The highest BCUT2D eigenvalue weighted by atomic mass is 16.3. The van der Waals surface area contributed by atoms with Crippen LogP contribution in [0.2, 0.25) is 0 Å². The van der Waals surface area contributed by atoms with Crippen LogP contribution in [0.5, 0.6) is 0 Å². The normalized spacial score (nSPS) is 11.4. The van der Waals surface area contributed by atoms with E-state index in [2.05, 4.69) is 10.2 Å². The number of rotatable bonds is 4. The summed E-state index contributed by atoms with van der Waals surface area (Å²) in [5.74, 6) is 0.752. The fourth-order valence-electron chi connectivity index (χ4n) is 0.631. The van der Waals surface area contributed by atoms with Gasteiger partial charge in [0.15, 0.2) is 0 Å². The van der Waals surface area contributed by atoms with Crippen molar-refractivity contribution in [2.75, 3.05) is 27.2 Å². The fourth-order valence-corrected chi connectivity index (χ4v) is 0.631. The molecule has 0 atom stereocenters. The van der Waals surface area contributed by atoms with E-state index in [1.54, 1.807) is 0 Å². The largest absolute Gasteiger partial charge is 0.365 e. The number of amidine groups is 1. The van der Waals surface area contributed by atoms with Gasteiger partial charge in [-0.05, 0) is 6.42 Å². The molecule has 0 rings (SSSR count). The summed E-state index contributed by atoms with van der Waals surface area (Å²) in [4.78, 5) is 15.9. The molecule has 0 spiro atoms.